The van der Waals surface area contributed by atoms with E-state index in [-0.39, 0.29) is 11.9 Å². The molecule has 0 amide bonds. The summed E-state index contributed by atoms with van der Waals surface area (Å²) < 4.78 is 16.7. The van der Waals surface area contributed by atoms with Gasteiger partial charge in [-0.1, -0.05) is 12.8 Å². The van der Waals surface area contributed by atoms with Crippen LogP contribution in [0.4, 0.5) is 0 Å². The predicted molar refractivity (Wildman–Crippen MR) is 81.8 cm³/mol. The van der Waals surface area contributed by atoms with Crippen molar-refractivity contribution in [1.82, 2.24) is 0 Å². The molecule has 1 N–H and O–H groups in total. The quantitative estimate of drug-likeness (QED) is 0.900. The van der Waals surface area contributed by atoms with E-state index in [0.29, 0.717) is 28.4 Å². The summed E-state index contributed by atoms with van der Waals surface area (Å²) in [5, 5.41) is 10.0. The Bertz CT molecular complexity index is 682. The lowest BCUT2D eigenvalue weighted by Crippen LogP contribution is -2.22. The third-order valence-electron chi connectivity index (χ3n) is 4.41. The van der Waals surface area contributed by atoms with Crippen molar-refractivity contribution < 1.29 is 23.8 Å². The van der Waals surface area contributed by atoms with E-state index in [9.17, 15) is 9.90 Å². The molecule has 5 nitrogen and oxygen atoms in total. The Morgan fingerprint density at radius 1 is 1.36 bits per heavy atom. The zero-order valence-corrected chi connectivity index (χ0v) is 12.8. The highest BCUT2D eigenvalue weighted by Gasteiger charge is 2.28. The number of fused-ring (bicyclic) bond motifs is 1. The lowest BCUT2D eigenvalue weighted by atomic mass is 10.0. The fourth-order valence-electron chi connectivity index (χ4n) is 3.15. The molecule has 118 valence electrons. The minimum atomic E-state index is -1.12. The SMILES string of the molecule is COc1ccc2oc(C(=O)O)c(OC(C)C3CCCC3)c2c1. The number of ether oxygens (including phenoxy) is 2. The molecule has 1 unspecified atom stereocenters. The van der Waals surface area contributed by atoms with Crippen molar-refractivity contribution in [3.63, 3.8) is 0 Å². The van der Waals surface area contributed by atoms with Crippen LogP contribution in [0, 0.1) is 5.92 Å². The van der Waals surface area contributed by atoms with Crippen LogP contribution in [-0.2, 0) is 0 Å². The van der Waals surface area contributed by atoms with Crippen LogP contribution < -0.4 is 9.47 Å². The van der Waals surface area contributed by atoms with Gasteiger partial charge in [0.1, 0.15) is 11.3 Å². The maximum atomic E-state index is 11.4. The molecule has 5 heteroatoms. The van der Waals surface area contributed by atoms with Gasteiger partial charge in [0.05, 0.1) is 18.6 Å². The number of carboxylic acid groups (broad SMARTS) is 1. The van der Waals surface area contributed by atoms with E-state index in [0.717, 1.165) is 12.8 Å². The van der Waals surface area contributed by atoms with Crippen molar-refractivity contribution in [1.29, 1.82) is 0 Å². The van der Waals surface area contributed by atoms with E-state index in [4.69, 9.17) is 13.9 Å². The molecule has 22 heavy (non-hydrogen) atoms. The normalized spacial score (nSPS) is 16.8. The second kappa shape index (κ2) is 5.91. The van der Waals surface area contributed by atoms with Crippen LogP contribution >= 0.6 is 0 Å². The molecule has 1 aliphatic carbocycles. The second-order valence-corrected chi connectivity index (χ2v) is 5.80. The molecule has 0 aliphatic heterocycles. The standard InChI is InChI=1S/C17H20O5/c1-10(11-5-3-4-6-11)21-15-13-9-12(20-2)7-8-14(13)22-16(15)17(18)19/h7-11H,3-6H2,1-2H3,(H,18,19). The van der Waals surface area contributed by atoms with Gasteiger partial charge in [-0.15, -0.1) is 0 Å². The van der Waals surface area contributed by atoms with Crippen molar-refractivity contribution >= 4 is 16.9 Å². The summed E-state index contributed by atoms with van der Waals surface area (Å²) in [7, 11) is 1.57. The number of benzene rings is 1. The van der Waals surface area contributed by atoms with Crippen LogP contribution in [0.2, 0.25) is 0 Å². The number of rotatable bonds is 5. The molecule has 1 saturated carbocycles. The summed E-state index contributed by atoms with van der Waals surface area (Å²) in [6.45, 7) is 2.00. The average molecular weight is 304 g/mol. The average Bonchev–Trinajstić information content (AvgIpc) is 3.14. The van der Waals surface area contributed by atoms with Crippen molar-refractivity contribution in [3.8, 4) is 11.5 Å². The highest BCUT2D eigenvalue weighted by molar-refractivity contribution is 5.98. The van der Waals surface area contributed by atoms with Gasteiger partial charge in [-0.25, -0.2) is 4.79 Å². The summed E-state index contributed by atoms with van der Waals surface area (Å²) in [6, 6.07) is 5.19. The number of carbonyl (C=O) groups is 1. The predicted octanol–water partition coefficient (Wildman–Crippen LogP) is 4.10. The highest BCUT2D eigenvalue weighted by Crippen LogP contribution is 2.38. The summed E-state index contributed by atoms with van der Waals surface area (Å²) >= 11 is 0. The lowest BCUT2D eigenvalue weighted by Gasteiger charge is -2.20. The second-order valence-electron chi connectivity index (χ2n) is 5.80. The van der Waals surface area contributed by atoms with E-state index in [1.807, 2.05) is 6.92 Å². The highest BCUT2D eigenvalue weighted by atomic mass is 16.5. The first-order chi connectivity index (χ1) is 10.6. The maximum Gasteiger partial charge on any atom is 0.375 e. The lowest BCUT2D eigenvalue weighted by molar-refractivity contribution is 0.0650. The number of carboxylic acids is 1. The Kier molecular flexibility index (Phi) is 3.96. The number of methoxy groups -OCH3 is 1. The third-order valence-corrected chi connectivity index (χ3v) is 4.41. The Morgan fingerprint density at radius 2 is 2.09 bits per heavy atom. The van der Waals surface area contributed by atoms with Crippen molar-refractivity contribution in [3.05, 3.63) is 24.0 Å². The third kappa shape index (κ3) is 2.63. The summed E-state index contributed by atoms with van der Waals surface area (Å²) in [4.78, 5) is 11.4. The molecule has 0 spiro atoms. The Hall–Kier alpha value is -2.17. The zero-order chi connectivity index (χ0) is 15.7. The molecule has 1 heterocycles. The van der Waals surface area contributed by atoms with Crippen LogP contribution in [0.5, 0.6) is 11.5 Å². The molecular weight excluding hydrogens is 284 g/mol. The van der Waals surface area contributed by atoms with Crippen LogP contribution in [0.25, 0.3) is 11.0 Å². The van der Waals surface area contributed by atoms with E-state index in [1.165, 1.54) is 12.8 Å². The molecule has 0 bridgehead atoms. The smallest absolute Gasteiger partial charge is 0.375 e. The fourth-order valence-corrected chi connectivity index (χ4v) is 3.15. The van der Waals surface area contributed by atoms with Gasteiger partial charge in [0.15, 0.2) is 5.75 Å². The van der Waals surface area contributed by atoms with Crippen LogP contribution in [0.1, 0.15) is 43.2 Å². The molecule has 1 fully saturated rings. The van der Waals surface area contributed by atoms with E-state index in [2.05, 4.69) is 0 Å². The molecular formula is C17H20O5. The molecule has 1 atom stereocenters. The van der Waals surface area contributed by atoms with Gasteiger partial charge in [-0.3, -0.25) is 0 Å². The Morgan fingerprint density at radius 3 is 2.73 bits per heavy atom. The number of hydrogen-bond acceptors (Lipinski definition) is 4. The maximum absolute atomic E-state index is 11.4. The van der Waals surface area contributed by atoms with Crippen LogP contribution in [-0.4, -0.2) is 24.3 Å². The van der Waals surface area contributed by atoms with Gasteiger partial charge in [0, 0.05) is 0 Å². The van der Waals surface area contributed by atoms with Crippen molar-refractivity contribution in [2.75, 3.05) is 7.11 Å². The molecule has 0 saturated heterocycles. The number of furan rings is 1. The van der Waals surface area contributed by atoms with Crippen LogP contribution in [0.15, 0.2) is 22.6 Å². The number of aromatic carboxylic acids is 1. The molecule has 1 aromatic heterocycles. The van der Waals surface area contributed by atoms with Gasteiger partial charge in [0.25, 0.3) is 5.76 Å². The molecule has 2 aromatic rings. The Labute approximate surface area is 128 Å². The Balaban J connectivity index is 2.00. The molecule has 1 aliphatic rings. The van der Waals surface area contributed by atoms with E-state index >= 15 is 0 Å². The van der Waals surface area contributed by atoms with Gasteiger partial charge in [-0.2, -0.15) is 0 Å². The van der Waals surface area contributed by atoms with Gasteiger partial charge < -0.3 is 19.0 Å². The van der Waals surface area contributed by atoms with E-state index in [1.54, 1.807) is 25.3 Å². The van der Waals surface area contributed by atoms with Crippen molar-refractivity contribution in [2.24, 2.45) is 5.92 Å². The minimum Gasteiger partial charge on any atom is -0.497 e. The molecule has 0 radical (unpaired) electrons. The first kappa shape index (κ1) is 14.8. The van der Waals surface area contributed by atoms with Crippen LogP contribution in [0.3, 0.4) is 0 Å². The first-order valence-corrected chi connectivity index (χ1v) is 7.60. The first-order valence-electron chi connectivity index (χ1n) is 7.60. The van der Waals surface area contributed by atoms with Gasteiger partial charge in [0.2, 0.25) is 0 Å². The minimum absolute atomic E-state index is 0.0346. The fraction of sp³-hybridized carbons (Fsp3) is 0.471. The summed E-state index contributed by atoms with van der Waals surface area (Å²) in [6.07, 6.45) is 4.65. The molecule has 3 rings (SSSR count). The van der Waals surface area contributed by atoms with Crippen molar-refractivity contribution in [2.45, 2.75) is 38.7 Å². The summed E-state index contributed by atoms with van der Waals surface area (Å²) in [5.74, 6) is 0.151. The number of hydrogen-bond donors (Lipinski definition) is 1. The summed E-state index contributed by atoms with van der Waals surface area (Å²) in [5.41, 5.74) is 0.492. The largest absolute Gasteiger partial charge is 0.497 e. The molecule has 1 aromatic carbocycles. The zero-order valence-electron chi connectivity index (χ0n) is 12.8. The monoisotopic (exact) mass is 304 g/mol. The van der Waals surface area contributed by atoms with E-state index < -0.39 is 5.97 Å². The topological polar surface area (TPSA) is 68.9 Å². The van der Waals surface area contributed by atoms with Gasteiger partial charge >= 0.3 is 5.97 Å². The van der Waals surface area contributed by atoms with Gasteiger partial charge in [-0.05, 0) is 43.9 Å².